The molecular formula is C9H18N2O2. The van der Waals surface area contributed by atoms with E-state index in [1.54, 1.807) is 4.90 Å². The summed E-state index contributed by atoms with van der Waals surface area (Å²) in [6.45, 7) is 4.93. The molecule has 1 amide bonds. The number of carbonyl (C=O) groups excluding carboxylic acids is 1. The first-order chi connectivity index (χ1) is 6.02. The van der Waals surface area contributed by atoms with Crippen LogP contribution in [0.15, 0.2) is 0 Å². The van der Waals surface area contributed by atoms with Crippen LogP contribution < -0.4 is 5.73 Å². The second kappa shape index (κ2) is 4.07. The lowest BCUT2D eigenvalue weighted by Crippen LogP contribution is -2.45. The molecule has 76 valence electrons. The Morgan fingerprint density at radius 1 is 1.62 bits per heavy atom. The minimum Gasteiger partial charge on any atom is -0.391 e. The highest BCUT2D eigenvalue weighted by atomic mass is 16.3. The van der Waals surface area contributed by atoms with E-state index in [0.717, 1.165) is 0 Å². The number of β-amino-alcohol motifs (C(OH)–C–C–N with tert-alkyl or cyclic N) is 1. The minimum atomic E-state index is -0.426. The van der Waals surface area contributed by atoms with Gasteiger partial charge in [0, 0.05) is 13.1 Å². The van der Waals surface area contributed by atoms with Gasteiger partial charge in [-0.1, -0.05) is 13.8 Å². The smallest absolute Gasteiger partial charge is 0.239 e. The van der Waals surface area contributed by atoms with E-state index in [-0.39, 0.29) is 17.9 Å². The maximum absolute atomic E-state index is 11.6. The molecule has 1 aliphatic heterocycles. The second-order valence-corrected chi connectivity index (χ2v) is 4.00. The number of likely N-dealkylation sites (tertiary alicyclic amines) is 1. The number of aliphatic hydroxyl groups is 1. The standard InChI is InChI=1S/C9H18N2O2/c1-6(2)8(10)9(13)11-4-3-7(12)5-11/h6-8,12H,3-5,10H2,1-2H3. The van der Waals surface area contributed by atoms with Gasteiger partial charge in [-0.15, -0.1) is 0 Å². The highest BCUT2D eigenvalue weighted by molar-refractivity contribution is 5.82. The van der Waals surface area contributed by atoms with Crippen molar-refractivity contribution in [2.45, 2.75) is 32.4 Å². The van der Waals surface area contributed by atoms with E-state index in [0.29, 0.717) is 19.5 Å². The SMILES string of the molecule is CC(C)C(N)C(=O)N1CCC(O)C1. The third-order valence-electron chi connectivity index (χ3n) is 2.48. The van der Waals surface area contributed by atoms with E-state index in [9.17, 15) is 9.90 Å². The van der Waals surface area contributed by atoms with Crippen molar-refractivity contribution < 1.29 is 9.90 Å². The van der Waals surface area contributed by atoms with E-state index in [4.69, 9.17) is 5.73 Å². The monoisotopic (exact) mass is 186 g/mol. The normalized spacial score (nSPS) is 25.3. The van der Waals surface area contributed by atoms with Crippen LogP contribution >= 0.6 is 0 Å². The summed E-state index contributed by atoms with van der Waals surface area (Å²) < 4.78 is 0. The molecule has 0 radical (unpaired) electrons. The van der Waals surface area contributed by atoms with Gasteiger partial charge in [-0.3, -0.25) is 4.79 Å². The molecule has 0 aromatic rings. The summed E-state index contributed by atoms with van der Waals surface area (Å²) in [6.07, 6.45) is 0.319. The molecule has 1 fully saturated rings. The zero-order chi connectivity index (χ0) is 10.0. The van der Waals surface area contributed by atoms with Gasteiger partial charge in [0.25, 0.3) is 0 Å². The van der Waals surface area contributed by atoms with Crippen molar-refractivity contribution in [1.82, 2.24) is 4.90 Å². The van der Waals surface area contributed by atoms with Gasteiger partial charge in [0.2, 0.25) is 5.91 Å². The molecule has 0 saturated carbocycles. The summed E-state index contributed by atoms with van der Waals surface area (Å²) in [5.41, 5.74) is 5.71. The number of aliphatic hydroxyl groups excluding tert-OH is 1. The summed E-state index contributed by atoms with van der Waals surface area (Å²) in [7, 11) is 0. The number of rotatable bonds is 2. The first-order valence-electron chi connectivity index (χ1n) is 4.74. The first kappa shape index (κ1) is 10.5. The van der Waals surface area contributed by atoms with Gasteiger partial charge in [0.05, 0.1) is 12.1 Å². The Morgan fingerprint density at radius 2 is 2.23 bits per heavy atom. The van der Waals surface area contributed by atoms with Gasteiger partial charge >= 0.3 is 0 Å². The van der Waals surface area contributed by atoms with Crippen molar-refractivity contribution in [3.05, 3.63) is 0 Å². The van der Waals surface area contributed by atoms with Crippen molar-refractivity contribution in [2.24, 2.45) is 11.7 Å². The van der Waals surface area contributed by atoms with Crippen molar-refractivity contribution in [1.29, 1.82) is 0 Å². The maximum atomic E-state index is 11.6. The zero-order valence-corrected chi connectivity index (χ0v) is 8.23. The van der Waals surface area contributed by atoms with E-state index in [2.05, 4.69) is 0 Å². The molecule has 1 rings (SSSR count). The lowest BCUT2D eigenvalue weighted by molar-refractivity contribution is -0.132. The van der Waals surface area contributed by atoms with Crippen LogP contribution in [0.5, 0.6) is 0 Å². The van der Waals surface area contributed by atoms with Gasteiger partial charge in [-0.25, -0.2) is 0 Å². The average Bonchev–Trinajstić information content (AvgIpc) is 2.49. The summed E-state index contributed by atoms with van der Waals surface area (Å²) in [5, 5.41) is 9.23. The van der Waals surface area contributed by atoms with Crippen molar-refractivity contribution >= 4 is 5.91 Å². The van der Waals surface area contributed by atoms with Gasteiger partial charge in [-0.2, -0.15) is 0 Å². The number of amides is 1. The zero-order valence-electron chi connectivity index (χ0n) is 8.23. The maximum Gasteiger partial charge on any atom is 0.239 e. The van der Waals surface area contributed by atoms with E-state index in [1.807, 2.05) is 13.8 Å². The first-order valence-corrected chi connectivity index (χ1v) is 4.74. The fourth-order valence-corrected chi connectivity index (χ4v) is 1.44. The van der Waals surface area contributed by atoms with Crippen LogP contribution in [0.2, 0.25) is 0 Å². The molecular weight excluding hydrogens is 168 g/mol. The Balaban J connectivity index is 2.48. The Labute approximate surface area is 78.7 Å². The van der Waals surface area contributed by atoms with Crippen molar-refractivity contribution in [2.75, 3.05) is 13.1 Å². The number of hydrogen-bond acceptors (Lipinski definition) is 3. The van der Waals surface area contributed by atoms with Crippen LogP contribution in [0.25, 0.3) is 0 Å². The van der Waals surface area contributed by atoms with Crippen LogP contribution in [-0.4, -0.2) is 41.1 Å². The number of hydrogen-bond donors (Lipinski definition) is 2. The lowest BCUT2D eigenvalue weighted by atomic mass is 10.0. The molecule has 0 bridgehead atoms. The fourth-order valence-electron chi connectivity index (χ4n) is 1.44. The van der Waals surface area contributed by atoms with Crippen LogP contribution in [0, 0.1) is 5.92 Å². The molecule has 0 aliphatic carbocycles. The average molecular weight is 186 g/mol. The molecule has 13 heavy (non-hydrogen) atoms. The topological polar surface area (TPSA) is 66.6 Å². The van der Waals surface area contributed by atoms with Crippen molar-refractivity contribution in [3.8, 4) is 0 Å². The molecule has 1 saturated heterocycles. The summed E-state index contributed by atoms with van der Waals surface area (Å²) in [5.74, 6) is 0.122. The van der Waals surface area contributed by atoms with E-state index in [1.165, 1.54) is 0 Å². The molecule has 4 nitrogen and oxygen atoms in total. The number of carbonyl (C=O) groups is 1. The molecule has 2 atom stereocenters. The second-order valence-electron chi connectivity index (χ2n) is 4.00. The Hall–Kier alpha value is -0.610. The number of nitrogens with two attached hydrogens (primary N) is 1. The van der Waals surface area contributed by atoms with Crippen molar-refractivity contribution in [3.63, 3.8) is 0 Å². The molecule has 0 spiro atoms. The van der Waals surface area contributed by atoms with E-state index < -0.39 is 6.04 Å². The molecule has 1 heterocycles. The highest BCUT2D eigenvalue weighted by Crippen LogP contribution is 2.12. The van der Waals surface area contributed by atoms with Gasteiger partial charge in [-0.05, 0) is 12.3 Å². The Morgan fingerprint density at radius 3 is 2.62 bits per heavy atom. The quantitative estimate of drug-likeness (QED) is 0.614. The summed E-state index contributed by atoms with van der Waals surface area (Å²) >= 11 is 0. The highest BCUT2D eigenvalue weighted by Gasteiger charge is 2.29. The van der Waals surface area contributed by atoms with Crippen LogP contribution in [-0.2, 0) is 4.79 Å². The molecule has 4 heteroatoms. The van der Waals surface area contributed by atoms with Crippen LogP contribution in [0.1, 0.15) is 20.3 Å². The molecule has 0 aromatic heterocycles. The summed E-state index contributed by atoms with van der Waals surface area (Å²) in [4.78, 5) is 13.3. The third-order valence-corrected chi connectivity index (χ3v) is 2.48. The lowest BCUT2D eigenvalue weighted by Gasteiger charge is -2.22. The van der Waals surface area contributed by atoms with Gasteiger partial charge in [0.15, 0.2) is 0 Å². The van der Waals surface area contributed by atoms with E-state index >= 15 is 0 Å². The molecule has 0 aromatic carbocycles. The van der Waals surface area contributed by atoms with Crippen LogP contribution in [0.4, 0.5) is 0 Å². The summed E-state index contributed by atoms with van der Waals surface area (Å²) in [6, 6.07) is -0.426. The molecule has 1 aliphatic rings. The number of nitrogens with zero attached hydrogens (tertiary/aromatic N) is 1. The van der Waals surface area contributed by atoms with Gasteiger partial charge in [0.1, 0.15) is 0 Å². The largest absolute Gasteiger partial charge is 0.391 e. The minimum absolute atomic E-state index is 0.0356. The predicted octanol–water partition coefficient (Wildman–Crippen LogP) is -0.437. The third kappa shape index (κ3) is 2.42. The Bertz CT molecular complexity index is 194. The van der Waals surface area contributed by atoms with Gasteiger partial charge < -0.3 is 15.7 Å². The van der Waals surface area contributed by atoms with Crippen LogP contribution in [0.3, 0.4) is 0 Å². The molecule has 3 N–H and O–H groups in total. The molecule has 2 unspecified atom stereocenters. The Kier molecular flexibility index (Phi) is 3.27. The predicted molar refractivity (Wildman–Crippen MR) is 50.0 cm³/mol. The fraction of sp³-hybridized carbons (Fsp3) is 0.889.